The molecule has 0 aromatic heterocycles. The number of benzene rings is 1. The highest BCUT2D eigenvalue weighted by atomic mass is 16.5. The van der Waals surface area contributed by atoms with Crippen LogP contribution in [0.3, 0.4) is 0 Å². The molecule has 1 aromatic rings. The van der Waals surface area contributed by atoms with Crippen LogP contribution < -0.4 is 5.32 Å². The Kier molecular flexibility index (Phi) is 4.48. The maximum atomic E-state index is 12.5. The Morgan fingerprint density at radius 3 is 2.70 bits per heavy atom. The van der Waals surface area contributed by atoms with E-state index < -0.39 is 5.54 Å². The van der Waals surface area contributed by atoms with E-state index in [1.807, 2.05) is 20.8 Å². The lowest BCUT2D eigenvalue weighted by Crippen LogP contribution is -2.49. The van der Waals surface area contributed by atoms with Crippen molar-refractivity contribution in [2.75, 3.05) is 13.2 Å². The van der Waals surface area contributed by atoms with Gasteiger partial charge in [0.05, 0.1) is 6.61 Å². The molecule has 1 aliphatic carbocycles. The highest BCUT2D eigenvalue weighted by Crippen LogP contribution is 2.31. The first-order valence-electron chi connectivity index (χ1n) is 7.47. The molecule has 0 aliphatic heterocycles. The minimum atomic E-state index is -0.755. The van der Waals surface area contributed by atoms with Gasteiger partial charge in [-0.2, -0.15) is 0 Å². The highest BCUT2D eigenvalue weighted by molar-refractivity contribution is 5.82. The largest absolute Gasteiger partial charge is 0.464 e. The molecule has 1 fully saturated rings. The fourth-order valence-corrected chi connectivity index (χ4v) is 2.50. The van der Waals surface area contributed by atoms with E-state index in [0.717, 1.165) is 23.2 Å². The molecule has 0 saturated heterocycles. The zero-order valence-corrected chi connectivity index (χ0v) is 13.0. The molecule has 1 N–H and O–H groups in total. The number of rotatable bonds is 6. The van der Waals surface area contributed by atoms with Crippen molar-refractivity contribution in [2.45, 2.75) is 46.1 Å². The molecule has 0 radical (unpaired) electrons. The molecular weight excluding hydrogens is 250 g/mol. The minimum absolute atomic E-state index is 0.186. The van der Waals surface area contributed by atoms with E-state index in [1.165, 1.54) is 12.8 Å². The summed E-state index contributed by atoms with van der Waals surface area (Å²) in [6, 6.07) is 6.23. The highest BCUT2D eigenvalue weighted by Gasteiger charge is 2.39. The van der Waals surface area contributed by atoms with Gasteiger partial charge in [-0.3, -0.25) is 5.32 Å². The second-order valence-electron chi connectivity index (χ2n) is 5.99. The number of nitrogens with one attached hydrogen (secondary N) is 1. The maximum Gasteiger partial charge on any atom is 0.330 e. The van der Waals surface area contributed by atoms with Gasteiger partial charge < -0.3 is 4.74 Å². The summed E-state index contributed by atoms with van der Waals surface area (Å²) in [5, 5.41) is 3.45. The third-order valence-electron chi connectivity index (χ3n) is 4.06. The molecule has 1 aliphatic rings. The Bertz CT molecular complexity index is 494. The van der Waals surface area contributed by atoms with E-state index in [-0.39, 0.29) is 5.97 Å². The minimum Gasteiger partial charge on any atom is -0.464 e. The first-order valence-corrected chi connectivity index (χ1v) is 7.47. The average Bonchev–Trinajstić information content (AvgIpc) is 3.23. The number of aryl methyl sites for hydroxylation is 2. The van der Waals surface area contributed by atoms with Crippen LogP contribution in [-0.4, -0.2) is 19.1 Å². The van der Waals surface area contributed by atoms with Crippen molar-refractivity contribution in [3.05, 3.63) is 34.9 Å². The van der Waals surface area contributed by atoms with Crippen LogP contribution in [0.1, 0.15) is 43.4 Å². The van der Waals surface area contributed by atoms with E-state index in [9.17, 15) is 4.79 Å². The van der Waals surface area contributed by atoms with Crippen molar-refractivity contribution < 1.29 is 9.53 Å². The summed E-state index contributed by atoms with van der Waals surface area (Å²) >= 11 is 0. The number of ether oxygens (including phenoxy) is 1. The van der Waals surface area contributed by atoms with Crippen molar-refractivity contribution in [3.63, 3.8) is 0 Å². The molecule has 0 heterocycles. The van der Waals surface area contributed by atoms with Gasteiger partial charge in [-0.05, 0) is 64.1 Å². The van der Waals surface area contributed by atoms with E-state index >= 15 is 0 Å². The number of esters is 1. The van der Waals surface area contributed by atoms with Crippen molar-refractivity contribution >= 4 is 5.97 Å². The van der Waals surface area contributed by atoms with Crippen molar-refractivity contribution in [2.24, 2.45) is 5.92 Å². The molecule has 110 valence electrons. The lowest BCUT2D eigenvalue weighted by Gasteiger charge is -2.31. The molecule has 20 heavy (non-hydrogen) atoms. The zero-order chi connectivity index (χ0) is 14.8. The van der Waals surface area contributed by atoms with E-state index in [1.54, 1.807) is 0 Å². The number of hydrogen-bond donors (Lipinski definition) is 1. The van der Waals surface area contributed by atoms with Crippen LogP contribution in [-0.2, 0) is 15.1 Å². The molecule has 1 aromatic carbocycles. The second kappa shape index (κ2) is 5.96. The van der Waals surface area contributed by atoms with Crippen molar-refractivity contribution in [3.8, 4) is 0 Å². The molecule has 3 nitrogen and oxygen atoms in total. The fourth-order valence-electron chi connectivity index (χ4n) is 2.50. The van der Waals surface area contributed by atoms with E-state index in [0.29, 0.717) is 12.5 Å². The van der Waals surface area contributed by atoms with Gasteiger partial charge in [0.15, 0.2) is 0 Å². The van der Waals surface area contributed by atoms with Gasteiger partial charge >= 0.3 is 5.97 Å². The van der Waals surface area contributed by atoms with Crippen molar-refractivity contribution in [1.29, 1.82) is 0 Å². The Morgan fingerprint density at radius 2 is 2.10 bits per heavy atom. The van der Waals surface area contributed by atoms with Gasteiger partial charge in [0.2, 0.25) is 0 Å². The molecule has 1 unspecified atom stereocenters. The molecular formula is C17H25NO2. The number of carbonyl (C=O) groups excluding carboxylic acids is 1. The first-order chi connectivity index (χ1) is 9.47. The Balaban J connectivity index is 2.32. The normalized spacial score (nSPS) is 17.6. The molecule has 0 bridgehead atoms. The summed E-state index contributed by atoms with van der Waals surface area (Å²) in [6.07, 6.45) is 2.53. The van der Waals surface area contributed by atoms with Gasteiger partial charge in [0, 0.05) is 0 Å². The Hall–Kier alpha value is -1.35. The summed E-state index contributed by atoms with van der Waals surface area (Å²) in [5.74, 6) is 0.531. The van der Waals surface area contributed by atoms with Gasteiger partial charge in [0.1, 0.15) is 5.54 Å². The summed E-state index contributed by atoms with van der Waals surface area (Å²) in [7, 11) is 0. The predicted octanol–water partition coefficient (Wildman–Crippen LogP) is 3.08. The summed E-state index contributed by atoms with van der Waals surface area (Å²) in [5.41, 5.74) is 2.55. The number of hydrogen-bond acceptors (Lipinski definition) is 3. The Labute approximate surface area is 121 Å². The summed E-state index contributed by atoms with van der Waals surface area (Å²) in [6.45, 7) is 9.17. The van der Waals surface area contributed by atoms with Crippen LogP contribution in [0.15, 0.2) is 18.2 Å². The van der Waals surface area contributed by atoms with Crippen LogP contribution >= 0.6 is 0 Å². The van der Waals surface area contributed by atoms with Crippen LogP contribution in [0, 0.1) is 19.8 Å². The molecule has 1 saturated carbocycles. The standard InChI is InChI=1S/C17H25NO2/c1-5-20-16(19)17(4,18-11-14-8-9-14)15-10-12(2)6-7-13(15)3/h6-7,10,14,18H,5,8-9,11H2,1-4H3. The monoisotopic (exact) mass is 275 g/mol. The predicted molar refractivity (Wildman–Crippen MR) is 80.6 cm³/mol. The van der Waals surface area contributed by atoms with E-state index in [4.69, 9.17) is 4.74 Å². The second-order valence-corrected chi connectivity index (χ2v) is 5.99. The summed E-state index contributed by atoms with van der Waals surface area (Å²) in [4.78, 5) is 12.5. The molecule has 2 rings (SSSR count). The third kappa shape index (κ3) is 3.21. The Morgan fingerprint density at radius 1 is 1.40 bits per heavy atom. The molecule has 0 spiro atoms. The van der Waals surface area contributed by atoms with E-state index in [2.05, 4.69) is 30.4 Å². The quantitative estimate of drug-likeness (QED) is 0.811. The van der Waals surface area contributed by atoms with Crippen LogP contribution in [0.25, 0.3) is 0 Å². The van der Waals surface area contributed by atoms with Crippen LogP contribution in [0.5, 0.6) is 0 Å². The SMILES string of the molecule is CCOC(=O)C(C)(NCC1CC1)c1cc(C)ccc1C. The van der Waals surface area contributed by atoms with Crippen molar-refractivity contribution in [1.82, 2.24) is 5.32 Å². The molecule has 0 amide bonds. The topological polar surface area (TPSA) is 38.3 Å². The maximum absolute atomic E-state index is 12.5. The zero-order valence-electron chi connectivity index (χ0n) is 13.0. The van der Waals surface area contributed by atoms with Crippen LogP contribution in [0.2, 0.25) is 0 Å². The smallest absolute Gasteiger partial charge is 0.330 e. The van der Waals surface area contributed by atoms with Gasteiger partial charge in [-0.15, -0.1) is 0 Å². The number of carbonyl (C=O) groups is 1. The average molecular weight is 275 g/mol. The van der Waals surface area contributed by atoms with Crippen LogP contribution in [0.4, 0.5) is 0 Å². The lowest BCUT2D eigenvalue weighted by molar-refractivity contribution is -0.151. The summed E-state index contributed by atoms with van der Waals surface area (Å²) < 4.78 is 5.31. The van der Waals surface area contributed by atoms with Gasteiger partial charge in [0.25, 0.3) is 0 Å². The van der Waals surface area contributed by atoms with Gasteiger partial charge in [-0.25, -0.2) is 4.79 Å². The fraction of sp³-hybridized carbons (Fsp3) is 0.588. The lowest BCUT2D eigenvalue weighted by atomic mass is 9.87. The van der Waals surface area contributed by atoms with Gasteiger partial charge in [-0.1, -0.05) is 23.8 Å². The first kappa shape index (κ1) is 15.0. The molecule has 3 heteroatoms. The third-order valence-corrected chi connectivity index (χ3v) is 4.06. The molecule has 1 atom stereocenters.